The summed E-state index contributed by atoms with van der Waals surface area (Å²) in [4.78, 5) is 2.81. The lowest BCUT2D eigenvalue weighted by atomic mass is 10.3. The molecule has 0 amide bonds. The highest BCUT2D eigenvalue weighted by Crippen LogP contribution is 2.43. The van der Waals surface area contributed by atoms with Gasteiger partial charge in [-0.05, 0) is 52.3 Å². The summed E-state index contributed by atoms with van der Waals surface area (Å²) in [6.07, 6.45) is 0. The molecule has 0 saturated heterocycles. The molecule has 0 nitrogen and oxygen atoms in total. The van der Waals surface area contributed by atoms with Crippen molar-refractivity contribution >= 4 is 71.6 Å². The van der Waals surface area contributed by atoms with Crippen LogP contribution in [0, 0.1) is 0 Å². The molecular weight excluding hydrogens is 375 g/mol. The summed E-state index contributed by atoms with van der Waals surface area (Å²) in [7, 11) is 0. The number of rotatable bonds is 3. The van der Waals surface area contributed by atoms with E-state index in [2.05, 4.69) is 74.3 Å². The Kier molecular flexibility index (Phi) is 5.29. The SMILES string of the molecule is S=P(c1ccc(S)cc1)(c1ccc(S)cc1)c1ccc(S)cc1. The van der Waals surface area contributed by atoms with Crippen molar-refractivity contribution in [2.45, 2.75) is 14.7 Å². The van der Waals surface area contributed by atoms with E-state index in [0.29, 0.717) is 0 Å². The third-order valence-corrected chi connectivity index (χ3v) is 9.51. The Morgan fingerprint density at radius 2 is 0.696 bits per heavy atom. The third kappa shape index (κ3) is 3.57. The molecule has 0 aromatic heterocycles. The van der Waals surface area contributed by atoms with Crippen LogP contribution < -0.4 is 15.9 Å². The van der Waals surface area contributed by atoms with Gasteiger partial charge in [0.05, 0.1) is 0 Å². The van der Waals surface area contributed by atoms with E-state index in [9.17, 15) is 0 Å². The summed E-state index contributed by atoms with van der Waals surface area (Å²) in [5.41, 5.74) is 0. The van der Waals surface area contributed by atoms with Crippen LogP contribution in [0.5, 0.6) is 0 Å². The van der Waals surface area contributed by atoms with Crippen LogP contribution >= 0.6 is 43.9 Å². The van der Waals surface area contributed by atoms with Gasteiger partial charge in [0.2, 0.25) is 0 Å². The summed E-state index contributed by atoms with van der Waals surface area (Å²) >= 11 is 19.4. The Morgan fingerprint density at radius 1 is 0.478 bits per heavy atom. The molecule has 5 heteroatoms. The molecule has 0 fully saturated rings. The van der Waals surface area contributed by atoms with E-state index in [1.807, 2.05) is 36.4 Å². The third-order valence-electron chi connectivity index (χ3n) is 3.64. The van der Waals surface area contributed by atoms with E-state index in [1.54, 1.807) is 0 Å². The molecule has 0 aliphatic rings. The van der Waals surface area contributed by atoms with Gasteiger partial charge in [0.1, 0.15) is 0 Å². The maximum atomic E-state index is 6.27. The van der Waals surface area contributed by atoms with Crippen LogP contribution in [0.2, 0.25) is 0 Å². The molecular formula is C18H15PS4. The van der Waals surface area contributed by atoms with Gasteiger partial charge in [0, 0.05) is 20.7 Å². The maximum Gasteiger partial charge on any atom is 0.0379 e. The highest BCUT2D eigenvalue weighted by Gasteiger charge is 2.24. The van der Waals surface area contributed by atoms with E-state index >= 15 is 0 Å². The fourth-order valence-electron chi connectivity index (χ4n) is 2.43. The topological polar surface area (TPSA) is 0 Å². The largest absolute Gasteiger partial charge is 0.143 e. The van der Waals surface area contributed by atoms with Gasteiger partial charge in [0.25, 0.3) is 0 Å². The molecule has 0 aliphatic heterocycles. The molecule has 0 aliphatic carbocycles. The minimum Gasteiger partial charge on any atom is -0.143 e. The van der Waals surface area contributed by atoms with Crippen LogP contribution in [0.3, 0.4) is 0 Å². The van der Waals surface area contributed by atoms with E-state index in [1.165, 1.54) is 0 Å². The second kappa shape index (κ2) is 7.08. The van der Waals surface area contributed by atoms with Gasteiger partial charge in [-0.3, -0.25) is 0 Å². The standard InChI is InChI=1S/C18H15PS4/c20-16-7-1-13(2-8-16)19(23,14-3-9-17(21)10-4-14)15-5-11-18(22)12-6-15/h1-12,20-22H. The summed E-state index contributed by atoms with van der Waals surface area (Å²) in [5.74, 6) is 0. The lowest BCUT2D eigenvalue weighted by Crippen LogP contribution is -2.24. The summed E-state index contributed by atoms with van der Waals surface area (Å²) < 4.78 is 0. The first-order chi connectivity index (χ1) is 11.0. The average Bonchev–Trinajstić information content (AvgIpc) is 2.56. The molecule has 116 valence electrons. The van der Waals surface area contributed by atoms with Gasteiger partial charge in [0.15, 0.2) is 0 Å². The van der Waals surface area contributed by atoms with Gasteiger partial charge in [-0.15, -0.1) is 37.9 Å². The highest BCUT2D eigenvalue weighted by molar-refractivity contribution is 8.25. The zero-order valence-electron chi connectivity index (χ0n) is 12.1. The first-order valence-corrected chi connectivity index (χ1v) is 11.1. The molecule has 0 saturated carbocycles. The molecule has 0 atom stereocenters. The van der Waals surface area contributed by atoms with Crippen LogP contribution in [0.1, 0.15) is 0 Å². The van der Waals surface area contributed by atoms with Gasteiger partial charge < -0.3 is 0 Å². The lowest BCUT2D eigenvalue weighted by Gasteiger charge is -2.24. The van der Waals surface area contributed by atoms with E-state index in [-0.39, 0.29) is 0 Å². The normalized spacial score (nSPS) is 11.4. The molecule has 23 heavy (non-hydrogen) atoms. The summed E-state index contributed by atoms with van der Waals surface area (Å²) in [6, 6.07) is 22.4. The number of hydrogen-bond donors (Lipinski definition) is 3. The van der Waals surface area contributed by atoms with Crippen LogP contribution in [-0.2, 0) is 11.8 Å². The second-order valence-corrected chi connectivity index (χ2v) is 11.1. The predicted octanol–water partition coefficient (Wildman–Crippen LogP) is 4.31. The lowest BCUT2D eigenvalue weighted by molar-refractivity contribution is 1.49. The monoisotopic (exact) mass is 390 g/mol. The number of benzene rings is 3. The fourth-order valence-corrected chi connectivity index (χ4v) is 6.58. The molecule has 3 aromatic carbocycles. The molecule has 0 unspecified atom stereocenters. The van der Waals surface area contributed by atoms with Crippen molar-refractivity contribution in [3.8, 4) is 0 Å². The van der Waals surface area contributed by atoms with Crippen LogP contribution in [-0.4, -0.2) is 0 Å². The quantitative estimate of drug-likeness (QED) is 0.443. The maximum absolute atomic E-state index is 6.27. The first kappa shape index (κ1) is 17.2. The highest BCUT2D eigenvalue weighted by atomic mass is 32.4. The smallest absolute Gasteiger partial charge is 0.0379 e. The zero-order chi connectivity index (χ0) is 16.4. The molecule has 3 rings (SSSR count). The predicted molar refractivity (Wildman–Crippen MR) is 114 cm³/mol. The Balaban J connectivity index is 2.24. The van der Waals surface area contributed by atoms with Crippen molar-refractivity contribution in [1.82, 2.24) is 0 Å². The Labute approximate surface area is 158 Å². The van der Waals surface area contributed by atoms with Crippen LogP contribution in [0.25, 0.3) is 0 Å². The van der Waals surface area contributed by atoms with Crippen molar-refractivity contribution in [3.05, 3.63) is 72.8 Å². The minimum absolute atomic E-state index is 0.937. The number of thiol groups is 3. The van der Waals surface area contributed by atoms with Crippen LogP contribution in [0.15, 0.2) is 87.5 Å². The Morgan fingerprint density at radius 3 is 0.913 bits per heavy atom. The van der Waals surface area contributed by atoms with Crippen LogP contribution in [0.4, 0.5) is 0 Å². The van der Waals surface area contributed by atoms with Crippen molar-refractivity contribution in [1.29, 1.82) is 0 Å². The Hall–Kier alpha value is -0.640. The molecule has 0 N–H and O–H groups in total. The van der Waals surface area contributed by atoms with Crippen molar-refractivity contribution < 1.29 is 0 Å². The van der Waals surface area contributed by atoms with E-state index in [0.717, 1.165) is 30.6 Å². The van der Waals surface area contributed by atoms with Crippen molar-refractivity contribution in [2.24, 2.45) is 0 Å². The van der Waals surface area contributed by atoms with E-state index in [4.69, 9.17) is 11.8 Å². The summed E-state index contributed by atoms with van der Waals surface area (Å²) in [6.45, 7) is 0. The van der Waals surface area contributed by atoms with Crippen molar-refractivity contribution in [2.75, 3.05) is 0 Å². The first-order valence-electron chi connectivity index (χ1n) is 6.99. The van der Waals surface area contributed by atoms with Crippen molar-refractivity contribution in [3.63, 3.8) is 0 Å². The molecule has 0 bridgehead atoms. The second-order valence-electron chi connectivity index (χ2n) is 5.16. The molecule has 0 spiro atoms. The Bertz CT molecular complexity index is 735. The van der Waals surface area contributed by atoms with Gasteiger partial charge in [-0.1, -0.05) is 48.2 Å². The average molecular weight is 391 g/mol. The summed E-state index contributed by atoms with van der Waals surface area (Å²) in [5, 5.41) is 3.47. The molecule has 0 radical (unpaired) electrons. The van der Waals surface area contributed by atoms with E-state index < -0.39 is 6.04 Å². The zero-order valence-corrected chi connectivity index (χ0v) is 16.5. The van der Waals surface area contributed by atoms with Gasteiger partial charge in [-0.25, -0.2) is 0 Å². The molecule has 0 heterocycles. The molecule has 3 aromatic rings. The fraction of sp³-hybridized carbons (Fsp3) is 0. The van der Waals surface area contributed by atoms with Gasteiger partial charge in [-0.2, -0.15) is 0 Å². The van der Waals surface area contributed by atoms with Gasteiger partial charge >= 0.3 is 0 Å². The number of hydrogen-bond acceptors (Lipinski definition) is 4. The minimum atomic E-state index is -2.10.